The van der Waals surface area contributed by atoms with Crippen LogP contribution in [0.2, 0.25) is 0 Å². The van der Waals surface area contributed by atoms with Gasteiger partial charge in [0.25, 0.3) is 0 Å². The highest BCUT2D eigenvalue weighted by atomic mass is 19.3. The Hall–Kier alpha value is -3.88. The van der Waals surface area contributed by atoms with Crippen molar-refractivity contribution < 1.29 is 39.9 Å². The van der Waals surface area contributed by atoms with E-state index in [9.17, 15) is 30.7 Å². The van der Waals surface area contributed by atoms with Gasteiger partial charge in [-0.2, -0.15) is 8.78 Å². The molecule has 5 rings (SSSR count). The van der Waals surface area contributed by atoms with Gasteiger partial charge < -0.3 is 4.74 Å². The number of hydrogen-bond donors (Lipinski definition) is 0. The molecule has 1 unspecified atom stereocenters. The lowest BCUT2D eigenvalue weighted by atomic mass is 9.96. The molecule has 0 N–H and O–H groups in total. The Balaban J connectivity index is 1.41. The van der Waals surface area contributed by atoms with E-state index in [2.05, 4.69) is 11.7 Å². The molecule has 9 heteroatoms. The number of alkyl halides is 2. The summed E-state index contributed by atoms with van der Waals surface area (Å²) in [6.45, 7) is 2.14. The topological polar surface area (TPSA) is 9.23 Å². The van der Waals surface area contributed by atoms with Crippen LogP contribution >= 0.6 is 0 Å². The zero-order valence-corrected chi connectivity index (χ0v) is 21.1. The molecule has 1 aliphatic carbocycles. The van der Waals surface area contributed by atoms with Gasteiger partial charge >= 0.3 is 6.11 Å². The monoisotopic (exact) mass is 562 g/mol. The minimum atomic E-state index is -4.74. The summed E-state index contributed by atoms with van der Waals surface area (Å²) in [4.78, 5) is 0. The highest BCUT2D eigenvalue weighted by Crippen LogP contribution is 2.39. The van der Waals surface area contributed by atoms with E-state index in [1.165, 1.54) is 23.3 Å². The first-order valence-electron chi connectivity index (χ1n) is 12.6. The van der Waals surface area contributed by atoms with Crippen LogP contribution in [0.4, 0.5) is 35.1 Å². The molecule has 0 heterocycles. The molecule has 40 heavy (non-hydrogen) atoms. The minimum Gasteiger partial charge on any atom is -0.429 e. The van der Waals surface area contributed by atoms with Crippen molar-refractivity contribution in [1.82, 2.24) is 0 Å². The SMILES string of the molecule is CCCC1Cc2ccc(-c3ccc(-c4cc(F)c(C(F)(F)Oc5cc(F)c(F)c(F)c5)c(F)c4)c(F)c3)cc2C1. The van der Waals surface area contributed by atoms with E-state index in [1.54, 1.807) is 6.07 Å². The largest absolute Gasteiger partial charge is 0.432 e. The van der Waals surface area contributed by atoms with Gasteiger partial charge in [-0.25, -0.2) is 26.3 Å². The second-order valence-corrected chi connectivity index (χ2v) is 9.88. The summed E-state index contributed by atoms with van der Waals surface area (Å²) in [5, 5.41) is 0. The van der Waals surface area contributed by atoms with Crippen LogP contribution in [-0.4, -0.2) is 0 Å². The molecule has 4 aromatic rings. The number of hydrogen-bond acceptors (Lipinski definition) is 1. The number of benzene rings is 4. The van der Waals surface area contributed by atoms with Gasteiger partial charge in [0.2, 0.25) is 0 Å². The molecule has 0 saturated carbocycles. The van der Waals surface area contributed by atoms with Crippen molar-refractivity contribution in [2.24, 2.45) is 5.92 Å². The Morgan fingerprint density at radius 1 is 0.675 bits per heavy atom. The van der Waals surface area contributed by atoms with Gasteiger partial charge in [-0.15, -0.1) is 0 Å². The first kappa shape index (κ1) is 27.7. The lowest BCUT2D eigenvalue weighted by molar-refractivity contribution is -0.189. The molecule has 0 saturated heterocycles. The Labute approximate surface area is 225 Å². The molecule has 0 aromatic heterocycles. The Morgan fingerprint density at radius 2 is 1.25 bits per heavy atom. The second-order valence-electron chi connectivity index (χ2n) is 9.88. The smallest absolute Gasteiger partial charge is 0.429 e. The molecule has 1 aliphatic rings. The van der Waals surface area contributed by atoms with Crippen LogP contribution in [0.5, 0.6) is 5.75 Å². The van der Waals surface area contributed by atoms with Crippen LogP contribution in [0, 0.1) is 40.8 Å². The minimum absolute atomic E-state index is 0.109. The van der Waals surface area contributed by atoms with Crippen molar-refractivity contribution in [2.45, 2.75) is 38.7 Å². The molecule has 0 amide bonds. The zero-order valence-electron chi connectivity index (χ0n) is 21.1. The molecular weight excluding hydrogens is 540 g/mol. The van der Waals surface area contributed by atoms with E-state index in [0.717, 1.165) is 31.2 Å². The summed E-state index contributed by atoms with van der Waals surface area (Å²) in [6, 6.07) is 11.2. The van der Waals surface area contributed by atoms with E-state index < -0.39 is 52.3 Å². The Morgan fingerprint density at radius 3 is 1.88 bits per heavy atom. The average molecular weight is 562 g/mol. The first-order chi connectivity index (χ1) is 19.0. The molecule has 1 atom stereocenters. The maximum Gasteiger partial charge on any atom is 0.432 e. The van der Waals surface area contributed by atoms with Gasteiger partial charge in [0, 0.05) is 17.7 Å². The molecule has 0 aliphatic heterocycles. The van der Waals surface area contributed by atoms with Crippen molar-refractivity contribution >= 4 is 0 Å². The van der Waals surface area contributed by atoms with Gasteiger partial charge in [0.1, 0.15) is 28.8 Å². The predicted octanol–water partition coefficient (Wildman–Crippen LogP) is 9.50. The number of halogens is 8. The molecule has 0 bridgehead atoms. The van der Waals surface area contributed by atoms with Crippen LogP contribution in [0.15, 0.2) is 60.7 Å². The molecule has 1 nitrogen and oxygen atoms in total. The number of rotatable bonds is 7. The lowest BCUT2D eigenvalue weighted by Gasteiger charge is -2.20. The second kappa shape index (κ2) is 10.6. The summed E-state index contributed by atoms with van der Waals surface area (Å²) in [7, 11) is 0. The summed E-state index contributed by atoms with van der Waals surface area (Å²) in [5.74, 6) is -10.6. The van der Waals surface area contributed by atoms with E-state index in [4.69, 9.17) is 0 Å². The average Bonchev–Trinajstić information content (AvgIpc) is 3.28. The van der Waals surface area contributed by atoms with Crippen LogP contribution in [-0.2, 0) is 19.0 Å². The molecular formula is C31H22F8O. The van der Waals surface area contributed by atoms with Crippen LogP contribution < -0.4 is 4.74 Å². The van der Waals surface area contributed by atoms with Gasteiger partial charge in [0.05, 0.1) is 0 Å². The van der Waals surface area contributed by atoms with Gasteiger partial charge in [-0.05, 0) is 64.8 Å². The summed E-state index contributed by atoms with van der Waals surface area (Å²) >= 11 is 0. The van der Waals surface area contributed by atoms with E-state index in [0.29, 0.717) is 23.6 Å². The van der Waals surface area contributed by atoms with E-state index in [1.807, 2.05) is 18.2 Å². The lowest BCUT2D eigenvalue weighted by Crippen LogP contribution is -2.25. The molecule has 0 radical (unpaired) electrons. The summed E-state index contributed by atoms with van der Waals surface area (Å²) < 4.78 is 118. The highest BCUT2D eigenvalue weighted by molar-refractivity contribution is 5.72. The van der Waals surface area contributed by atoms with Crippen molar-refractivity contribution in [3.8, 4) is 28.0 Å². The maximum absolute atomic E-state index is 15.1. The quantitative estimate of drug-likeness (QED) is 0.161. The van der Waals surface area contributed by atoms with Gasteiger partial charge in [-0.3, -0.25) is 0 Å². The standard InChI is InChI=1S/C31H22F8O/c1-2-3-16-8-17-4-5-18(10-20(17)9-16)19-6-7-23(24(32)11-19)21-12-25(33)29(26(34)13-21)31(38,39)40-22-14-27(35)30(37)28(36)15-22/h4-7,10-16H,2-3,8-9H2,1H3. The molecule has 208 valence electrons. The summed E-state index contributed by atoms with van der Waals surface area (Å²) in [6.07, 6.45) is -0.567. The normalized spacial score (nSPS) is 14.9. The van der Waals surface area contributed by atoms with Crippen LogP contribution in [0.25, 0.3) is 22.3 Å². The molecule has 0 fully saturated rings. The Kier molecular flexibility index (Phi) is 7.33. The van der Waals surface area contributed by atoms with Crippen molar-refractivity contribution in [3.05, 3.63) is 112 Å². The summed E-state index contributed by atoms with van der Waals surface area (Å²) in [5.41, 5.74) is 1.34. The molecule has 4 aromatic carbocycles. The van der Waals surface area contributed by atoms with Crippen LogP contribution in [0.3, 0.4) is 0 Å². The third kappa shape index (κ3) is 5.29. The fourth-order valence-electron chi connectivity index (χ4n) is 5.23. The van der Waals surface area contributed by atoms with Crippen molar-refractivity contribution in [1.29, 1.82) is 0 Å². The zero-order chi connectivity index (χ0) is 28.8. The highest BCUT2D eigenvalue weighted by Gasteiger charge is 2.41. The first-order valence-corrected chi connectivity index (χ1v) is 12.6. The van der Waals surface area contributed by atoms with E-state index in [-0.39, 0.29) is 23.3 Å². The van der Waals surface area contributed by atoms with E-state index >= 15 is 4.39 Å². The molecule has 0 spiro atoms. The van der Waals surface area contributed by atoms with Crippen LogP contribution in [0.1, 0.15) is 36.5 Å². The maximum atomic E-state index is 15.1. The fraction of sp³-hybridized carbons (Fsp3) is 0.226. The number of fused-ring (bicyclic) bond motifs is 1. The number of ether oxygens (including phenoxy) is 1. The predicted molar refractivity (Wildman–Crippen MR) is 134 cm³/mol. The third-order valence-corrected chi connectivity index (χ3v) is 7.07. The fourth-order valence-corrected chi connectivity index (χ4v) is 5.23. The van der Waals surface area contributed by atoms with Crippen molar-refractivity contribution in [3.63, 3.8) is 0 Å². The van der Waals surface area contributed by atoms with Crippen molar-refractivity contribution in [2.75, 3.05) is 0 Å². The Bertz CT molecular complexity index is 1550. The van der Waals surface area contributed by atoms with Gasteiger partial charge in [0.15, 0.2) is 17.5 Å². The third-order valence-electron chi connectivity index (χ3n) is 7.07. The van der Waals surface area contributed by atoms with Gasteiger partial charge in [-0.1, -0.05) is 50.1 Å².